The molecule has 3 rings (SSSR count). The van der Waals surface area contributed by atoms with Crippen molar-refractivity contribution in [1.82, 2.24) is 10.1 Å². The van der Waals surface area contributed by atoms with Crippen molar-refractivity contribution in [1.29, 1.82) is 0 Å². The molecule has 94 valence electrons. The molecule has 2 N–H and O–H groups in total. The molecule has 0 spiro atoms. The lowest BCUT2D eigenvalue weighted by Gasteiger charge is -2.07. The average molecular weight is 245 g/mol. The number of hydrogen-bond donors (Lipinski definition) is 1. The van der Waals surface area contributed by atoms with Gasteiger partial charge in [-0.05, 0) is 12.8 Å². The predicted molar refractivity (Wildman–Crippen MR) is 65.6 cm³/mol. The molecule has 0 saturated carbocycles. The number of ether oxygens (including phenoxy) is 1. The van der Waals surface area contributed by atoms with E-state index in [1.54, 1.807) is 0 Å². The molecule has 1 fully saturated rings. The minimum Gasteiger partial charge on any atom is -0.364 e. The van der Waals surface area contributed by atoms with E-state index in [-0.39, 0.29) is 12.2 Å². The van der Waals surface area contributed by atoms with Crippen molar-refractivity contribution in [3.63, 3.8) is 0 Å². The largest absolute Gasteiger partial charge is 0.364 e. The van der Waals surface area contributed by atoms with Crippen LogP contribution in [0.15, 0.2) is 34.9 Å². The van der Waals surface area contributed by atoms with Gasteiger partial charge < -0.3 is 15.0 Å². The van der Waals surface area contributed by atoms with Crippen molar-refractivity contribution in [2.24, 2.45) is 5.73 Å². The fourth-order valence-electron chi connectivity index (χ4n) is 2.13. The molecule has 0 aliphatic carbocycles. The van der Waals surface area contributed by atoms with Gasteiger partial charge in [-0.2, -0.15) is 4.98 Å². The summed E-state index contributed by atoms with van der Waals surface area (Å²) in [7, 11) is 0. The number of nitrogens with zero attached hydrogens (tertiary/aromatic N) is 2. The van der Waals surface area contributed by atoms with Crippen molar-refractivity contribution >= 4 is 0 Å². The third kappa shape index (κ3) is 2.14. The first-order chi connectivity index (χ1) is 8.86. The summed E-state index contributed by atoms with van der Waals surface area (Å²) in [6.45, 7) is 0.538. The smallest absolute Gasteiger partial charge is 0.256 e. The second-order valence-electron chi connectivity index (χ2n) is 4.38. The quantitative estimate of drug-likeness (QED) is 0.894. The molecular formula is C13H15N3O2. The number of rotatable bonds is 3. The van der Waals surface area contributed by atoms with Crippen LogP contribution in [0.2, 0.25) is 0 Å². The molecule has 2 aromatic rings. The third-order valence-electron chi connectivity index (χ3n) is 3.12. The minimum absolute atomic E-state index is 0.108. The minimum atomic E-state index is -0.108. The molecule has 0 bridgehead atoms. The Morgan fingerprint density at radius 3 is 2.78 bits per heavy atom. The van der Waals surface area contributed by atoms with Gasteiger partial charge in [0.25, 0.3) is 5.89 Å². The lowest BCUT2D eigenvalue weighted by Crippen LogP contribution is -2.18. The van der Waals surface area contributed by atoms with Crippen molar-refractivity contribution in [2.45, 2.75) is 25.0 Å². The van der Waals surface area contributed by atoms with Crippen molar-refractivity contribution in [2.75, 3.05) is 6.54 Å². The zero-order valence-corrected chi connectivity index (χ0v) is 9.95. The molecule has 1 aliphatic heterocycles. The van der Waals surface area contributed by atoms with Crippen LogP contribution in [0.25, 0.3) is 11.4 Å². The zero-order valence-electron chi connectivity index (χ0n) is 9.95. The van der Waals surface area contributed by atoms with Crippen LogP contribution >= 0.6 is 0 Å². The molecule has 1 aliphatic rings. The highest BCUT2D eigenvalue weighted by atomic mass is 16.5. The normalized spacial score (nSPS) is 23.4. The second-order valence-corrected chi connectivity index (χ2v) is 4.38. The van der Waals surface area contributed by atoms with Crippen molar-refractivity contribution in [3.8, 4) is 11.4 Å². The van der Waals surface area contributed by atoms with Crippen LogP contribution in [0.5, 0.6) is 0 Å². The molecule has 2 heterocycles. The summed E-state index contributed by atoms with van der Waals surface area (Å²) >= 11 is 0. The van der Waals surface area contributed by atoms with E-state index in [1.165, 1.54) is 0 Å². The first-order valence-corrected chi connectivity index (χ1v) is 6.11. The Morgan fingerprint density at radius 1 is 1.22 bits per heavy atom. The fourth-order valence-corrected chi connectivity index (χ4v) is 2.13. The van der Waals surface area contributed by atoms with Gasteiger partial charge >= 0.3 is 0 Å². The van der Waals surface area contributed by atoms with Gasteiger partial charge in [0.1, 0.15) is 6.10 Å². The van der Waals surface area contributed by atoms with Crippen molar-refractivity contribution in [3.05, 3.63) is 36.2 Å². The molecule has 1 aromatic heterocycles. The predicted octanol–water partition coefficient (Wildman–Crippen LogP) is 1.92. The molecule has 1 aromatic carbocycles. The monoisotopic (exact) mass is 245 g/mol. The van der Waals surface area contributed by atoms with Crippen LogP contribution in [0, 0.1) is 0 Å². The Hall–Kier alpha value is -1.72. The lowest BCUT2D eigenvalue weighted by molar-refractivity contribution is 0.0307. The highest BCUT2D eigenvalue weighted by Gasteiger charge is 2.29. The SMILES string of the molecule is NCC1CCC(c2nc(-c3ccccc3)no2)O1. The Kier molecular flexibility index (Phi) is 3.08. The van der Waals surface area contributed by atoms with Gasteiger partial charge in [0.05, 0.1) is 6.10 Å². The standard InChI is InChI=1S/C13H15N3O2/c14-8-10-6-7-11(17-10)13-15-12(16-18-13)9-4-2-1-3-5-9/h1-5,10-11H,6-8,14H2. The van der Waals surface area contributed by atoms with Crippen LogP contribution in [0.4, 0.5) is 0 Å². The van der Waals surface area contributed by atoms with E-state index < -0.39 is 0 Å². The number of benzene rings is 1. The Morgan fingerprint density at radius 2 is 2.06 bits per heavy atom. The Balaban J connectivity index is 1.78. The molecule has 5 heteroatoms. The highest BCUT2D eigenvalue weighted by molar-refractivity contribution is 5.53. The maximum absolute atomic E-state index is 5.72. The van der Waals surface area contributed by atoms with E-state index in [2.05, 4.69) is 10.1 Å². The van der Waals surface area contributed by atoms with Gasteiger partial charge in [-0.25, -0.2) is 0 Å². The number of hydrogen-bond acceptors (Lipinski definition) is 5. The number of nitrogens with two attached hydrogens (primary N) is 1. The van der Waals surface area contributed by atoms with E-state index in [4.69, 9.17) is 15.0 Å². The van der Waals surface area contributed by atoms with Gasteiger partial charge in [0.15, 0.2) is 0 Å². The summed E-state index contributed by atoms with van der Waals surface area (Å²) in [5, 5.41) is 3.98. The van der Waals surface area contributed by atoms with Crippen LogP contribution < -0.4 is 5.73 Å². The van der Waals surface area contributed by atoms with Crippen LogP contribution in [-0.2, 0) is 4.74 Å². The molecule has 1 saturated heterocycles. The van der Waals surface area contributed by atoms with Gasteiger partial charge in [-0.15, -0.1) is 0 Å². The lowest BCUT2D eigenvalue weighted by atomic mass is 10.2. The molecule has 0 radical (unpaired) electrons. The van der Waals surface area contributed by atoms with Gasteiger partial charge in [0.2, 0.25) is 5.82 Å². The first-order valence-electron chi connectivity index (χ1n) is 6.11. The molecule has 2 unspecified atom stereocenters. The summed E-state index contributed by atoms with van der Waals surface area (Å²) in [6.07, 6.45) is 1.84. The van der Waals surface area contributed by atoms with Gasteiger partial charge in [-0.1, -0.05) is 35.5 Å². The molecule has 5 nitrogen and oxygen atoms in total. The van der Waals surface area contributed by atoms with E-state index in [0.717, 1.165) is 18.4 Å². The van der Waals surface area contributed by atoms with E-state index in [0.29, 0.717) is 18.3 Å². The van der Waals surface area contributed by atoms with Crippen LogP contribution in [0.3, 0.4) is 0 Å². The van der Waals surface area contributed by atoms with Gasteiger partial charge in [0, 0.05) is 12.1 Å². The fraction of sp³-hybridized carbons (Fsp3) is 0.385. The molecular weight excluding hydrogens is 230 g/mol. The summed E-state index contributed by atoms with van der Waals surface area (Å²) in [4.78, 5) is 4.39. The topological polar surface area (TPSA) is 74.2 Å². The van der Waals surface area contributed by atoms with E-state index >= 15 is 0 Å². The number of aromatic nitrogens is 2. The maximum Gasteiger partial charge on any atom is 0.256 e. The third-order valence-corrected chi connectivity index (χ3v) is 3.12. The summed E-state index contributed by atoms with van der Waals surface area (Å²) in [5.41, 5.74) is 6.52. The maximum atomic E-state index is 5.72. The average Bonchev–Trinajstić information content (AvgIpc) is 3.08. The summed E-state index contributed by atoms with van der Waals surface area (Å²) < 4.78 is 11.0. The molecule has 18 heavy (non-hydrogen) atoms. The summed E-state index contributed by atoms with van der Waals surface area (Å²) in [6, 6.07) is 9.75. The second kappa shape index (κ2) is 4.88. The van der Waals surface area contributed by atoms with Crippen LogP contribution in [0.1, 0.15) is 24.8 Å². The molecule has 2 atom stereocenters. The summed E-state index contributed by atoms with van der Waals surface area (Å²) in [5.74, 6) is 1.15. The van der Waals surface area contributed by atoms with E-state index in [1.807, 2.05) is 30.3 Å². The van der Waals surface area contributed by atoms with Crippen LogP contribution in [-0.4, -0.2) is 22.8 Å². The zero-order chi connectivity index (χ0) is 12.4. The van der Waals surface area contributed by atoms with E-state index in [9.17, 15) is 0 Å². The first kappa shape index (κ1) is 11.4. The Bertz CT molecular complexity index is 512. The van der Waals surface area contributed by atoms with Gasteiger partial charge in [-0.3, -0.25) is 0 Å². The molecule has 0 amide bonds. The van der Waals surface area contributed by atoms with Crippen molar-refractivity contribution < 1.29 is 9.26 Å². The highest BCUT2D eigenvalue weighted by Crippen LogP contribution is 2.32. The Labute approximate surface area is 105 Å².